The van der Waals surface area contributed by atoms with Crippen molar-refractivity contribution in [2.24, 2.45) is 5.41 Å². The minimum atomic E-state index is -2.47. The van der Waals surface area contributed by atoms with Crippen LogP contribution in [0.3, 0.4) is 0 Å². The molecule has 7 heteroatoms. The molecule has 0 spiro atoms. The first-order valence-corrected chi connectivity index (χ1v) is 5.16. The third kappa shape index (κ3) is 2.53. The Morgan fingerprint density at radius 2 is 1.28 bits per heavy atom. The first-order valence-electron chi connectivity index (χ1n) is 5.16. The fourth-order valence-electron chi connectivity index (χ4n) is 1.89. The summed E-state index contributed by atoms with van der Waals surface area (Å²) in [5.41, 5.74) is -2.47. The molecule has 0 rings (SSSR count). The van der Waals surface area contributed by atoms with E-state index < -0.39 is 41.1 Å². The fraction of sp³-hybridized carbons (Fsp3) is 0.636. The molecule has 7 nitrogen and oxygen atoms in total. The molecule has 18 heavy (non-hydrogen) atoms. The second-order valence-corrected chi connectivity index (χ2v) is 4.04. The van der Waals surface area contributed by atoms with Crippen LogP contribution in [-0.4, -0.2) is 57.3 Å². The molecule has 0 aromatic heterocycles. The lowest BCUT2D eigenvalue weighted by atomic mass is 9.70. The summed E-state index contributed by atoms with van der Waals surface area (Å²) in [6.07, 6.45) is -6.37. The van der Waals surface area contributed by atoms with Crippen molar-refractivity contribution in [2.75, 3.05) is 0 Å². The van der Waals surface area contributed by atoms with E-state index in [9.17, 15) is 29.4 Å². The molecule has 0 saturated carbocycles. The zero-order valence-corrected chi connectivity index (χ0v) is 10.3. The molecule has 0 radical (unpaired) electrons. The second kappa shape index (κ2) is 5.94. The van der Waals surface area contributed by atoms with Crippen molar-refractivity contribution in [1.82, 2.24) is 0 Å². The average molecular weight is 260 g/mol. The van der Waals surface area contributed by atoms with Crippen molar-refractivity contribution >= 4 is 23.6 Å². The highest BCUT2D eigenvalue weighted by molar-refractivity contribution is 6.23. The number of aldehydes is 1. The normalized spacial score (nSPS) is 16.6. The maximum Gasteiger partial charge on any atom is 0.173 e. The van der Waals surface area contributed by atoms with Crippen LogP contribution >= 0.6 is 0 Å². The van der Waals surface area contributed by atoms with E-state index in [-0.39, 0.29) is 6.29 Å². The molecule has 0 bridgehead atoms. The Morgan fingerprint density at radius 3 is 1.50 bits per heavy atom. The van der Waals surface area contributed by atoms with Gasteiger partial charge in [-0.25, -0.2) is 0 Å². The summed E-state index contributed by atoms with van der Waals surface area (Å²) in [5.74, 6) is -2.90. The largest absolute Gasteiger partial charge is 0.388 e. The van der Waals surface area contributed by atoms with E-state index in [0.717, 1.165) is 20.8 Å². The molecule has 0 amide bonds. The van der Waals surface area contributed by atoms with Gasteiger partial charge in [0.05, 0.1) is 0 Å². The Kier molecular flexibility index (Phi) is 5.47. The van der Waals surface area contributed by atoms with Crippen LogP contribution in [0.1, 0.15) is 20.8 Å². The third-order valence-electron chi connectivity index (χ3n) is 2.92. The zero-order valence-electron chi connectivity index (χ0n) is 10.3. The predicted octanol–water partition coefficient (Wildman–Crippen LogP) is -1.98. The van der Waals surface area contributed by atoms with Crippen molar-refractivity contribution < 1.29 is 34.5 Å². The van der Waals surface area contributed by atoms with Crippen LogP contribution < -0.4 is 0 Å². The molecule has 0 aliphatic rings. The molecule has 3 atom stereocenters. The van der Waals surface area contributed by atoms with Gasteiger partial charge in [-0.3, -0.25) is 14.4 Å². The quantitative estimate of drug-likeness (QED) is 0.357. The second-order valence-electron chi connectivity index (χ2n) is 4.04. The summed E-state index contributed by atoms with van der Waals surface area (Å²) in [7, 11) is 0. The van der Waals surface area contributed by atoms with Gasteiger partial charge in [-0.05, 0) is 20.8 Å². The lowest BCUT2D eigenvalue weighted by Crippen LogP contribution is -2.59. The van der Waals surface area contributed by atoms with Gasteiger partial charge in [0, 0.05) is 0 Å². The Labute approximate surface area is 103 Å². The summed E-state index contributed by atoms with van der Waals surface area (Å²) in [6, 6.07) is 0. The van der Waals surface area contributed by atoms with Crippen molar-refractivity contribution in [1.29, 1.82) is 0 Å². The minimum Gasteiger partial charge on any atom is -0.388 e. The van der Waals surface area contributed by atoms with Crippen LogP contribution in [0.25, 0.3) is 0 Å². The Balaban J connectivity index is 5.73. The van der Waals surface area contributed by atoms with Gasteiger partial charge in [0.15, 0.2) is 29.1 Å². The van der Waals surface area contributed by atoms with Crippen LogP contribution in [0.5, 0.6) is 0 Å². The number of carbonyl (C=O) groups is 4. The van der Waals surface area contributed by atoms with Crippen LogP contribution in [-0.2, 0) is 19.2 Å². The molecular weight excluding hydrogens is 244 g/mol. The summed E-state index contributed by atoms with van der Waals surface area (Å²) < 4.78 is 0. The van der Waals surface area contributed by atoms with Crippen molar-refractivity contribution in [3.05, 3.63) is 0 Å². The first kappa shape index (κ1) is 16.6. The highest BCUT2D eigenvalue weighted by atomic mass is 16.4. The van der Waals surface area contributed by atoms with Crippen molar-refractivity contribution in [3.63, 3.8) is 0 Å². The maximum atomic E-state index is 11.5. The molecule has 0 aliphatic heterocycles. The molecule has 0 aromatic carbocycles. The van der Waals surface area contributed by atoms with E-state index in [0.29, 0.717) is 0 Å². The van der Waals surface area contributed by atoms with Gasteiger partial charge >= 0.3 is 0 Å². The maximum absolute atomic E-state index is 11.5. The minimum absolute atomic E-state index is 0.0704. The Hall–Kier alpha value is -1.44. The third-order valence-corrected chi connectivity index (χ3v) is 2.92. The summed E-state index contributed by atoms with van der Waals surface area (Å²) in [6.45, 7) is 2.73. The predicted molar refractivity (Wildman–Crippen MR) is 58.6 cm³/mol. The van der Waals surface area contributed by atoms with Gasteiger partial charge in [-0.15, -0.1) is 0 Å². The molecule has 3 N–H and O–H groups in total. The average Bonchev–Trinajstić information content (AvgIpc) is 2.25. The molecule has 0 heterocycles. The standard InChI is InChI=1S/C11H16O7/c1-5(13)11(6(2)14,7(3)15)10(18)9(17)8(16)4-12/h4,8-10,16-18H,1-3H3/t8-,9-,10-/m0/s1. The summed E-state index contributed by atoms with van der Waals surface area (Å²) in [5, 5.41) is 28.4. The molecule has 0 unspecified atom stereocenters. The van der Waals surface area contributed by atoms with Gasteiger partial charge in [-0.2, -0.15) is 0 Å². The Morgan fingerprint density at radius 1 is 0.944 bits per heavy atom. The van der Waals surface area contributed by atoms with Crippen LogP contribution in [0, 0.1) is 5.41 Å². The van der Waals surface area contributed by atoms with E-state index in [4.69, 9.17) is 5.11 Å². The SMILES string of the molecule is CC(=O)C(C(C)=O)(C(C)=O)[C@@H](O)[C@@H](O)[C@@H](O)C=O. The number of hydrogen-bond donors (Lipinski definition) is 3. The summed E-state index contributed by atoms with van der Waals surface area (Å²) >= 11 is 0. The number of ketones is 3. The molecule has 0 aliphatic carbocycles. The molecule has 0 fully saturated rings. The van der Waals surface area contributed by atoms with Gasteiger partial charge in [-0.1, -0.05) is 0 Å². The van der Waals surface area contributed by atoms with E-state index in [1.807, 2.05) is 0 Å². The number of Topliss-reactive ketones (excluding diaryl/α,β-unsaturated/α-hetero) is 3. The van der Waals surface area contributed by atoms with E-state index in [2.05, 4.69) is 0 Å². The topological polar surface area (TPSA) is 129 Å². The van der Waals surface area contributed by atoms with E-state index in [1.165, 1.54) is 0 Å². The first-order chi connectivity index (χ1) is 8.13. The van der Waals surface area contributed by atoms with Gasteiger partial charge in [0.1, 0.15) is 18.3 Å². The van der Waals surface area contributed by atoms with Crippen LogP contribution in [0.15, 0.2) is 0 Å². The smallest absolute Gasteiger partial charge is 0.173 e. The number of aliphatic hydroxyl groups excluding tert-OH is 3. The molecule has 0 aromatic rings. The number of hydrogen-bond acceptors (Lipinski definition) is 7. The summed E-state index contributed by atoms with van der Waals surface area (Å²) in [4.78, 5) is 44.9. The fourth-order valence-corrected chi connectivity index (χ4v) is 1.89. The van der Waals surface area contributed by atoms with Crippen molar-refractivity contribution in [2.45, 2.75) is 39.1 Å². The number of rotatable bonds is 7. The highest BCUT2D eigenvalue weighted by Crippen LogP contribution is 2.29. The van der Waals surface area contributed by atoms with Crippen molar-refractivity contribution in [3.8, 4) is 0 Å². The van der Waals surface area contributed by atoms with Gasteiger partial charge < -0.3 is 20.1 Å². The highest BCUT2D eigenvalue weighted by Gasteiger charge is 2.55. The van der Waals surface area contributed by atoms with E-state index in [1.54, 1.807) is 0 Å². The monoisotopic (exact) mass is 260 g/mol. The number of carbonyl (C=O) groups excluding carboxylic acids is 4. The van der Waals surface area contributed by atoms with E-state index >= 15 is 0 Å². The molecular formula is C11H16O7. The van der Waals surface area contributed by atoms with Gasteiger partial charge in [0.2, 0.25) is 0 Å². The van der Waals surface area contributed by atoms with Crippen LogP contribution in [0.2, 0.25) is 0 Å². The lowest BCUT2D eigenvalue weighted by molar-refractivity contribution is -0.166. The Bertz CT molecular complexity index is 338. The van der Waals surface area contributed by atoms with Gasteiger partial charge in [0.25, 0.3) is 0 Å². The molecule has 0 saturated heterocycles. The zero-order chi connectivity index (χ0) is 14.7. The van der Waals surface area contributed by atoms with Crippen LogP contribution in [0.4, 0.5) is 0 Å². The molecule has 102 valence electrons. The number of aliphatic hydroxyl groups is 3. The lowest BCUT2D eigenvalue weighted by Gasteiger charge is -2.34.